The van der Waals surface area contributed by atoms with Crippen molar-refractivity contribution in [1.29, 1.82) is 0 Å². The van der Waals surface area contributed by atoms with Gasteiger partial charge in [-0.1, -0.05) is 34.4 Å². The number of halogens is 5. The monoisotopic (exact) mass is 479 g/mol. The molecule has 1 aliphatic heterocycles. The molecular formula is C19H14Cl2F3NO4S. The highest BCUT2D eigenvalue weighted by Crippen LogP contribution is 2.52. The highest BCUT2D eigenvalue weighted by atomic mass is 35.5. The number of nitrogens with zero attached hydrogens (tertiary/aromatic N) is 1. The van der Waals surface area contributed by atoms with Crippen LogP contribution in [0.15, 0.2) is 41.6 Å². The van der Waals surface area contributed by atoms with Crippen molar-refractivity contribution in [2.45, 2.75) is 24.0 Å². The van der Waals surface area contributed by atoms with E-state index in [1.165, 1.54) is 31.2 Å². The number of alkyl halides is 3. The van der Waals surface area contributed by atoms with Gasteiger partial charge in [-0.3, -0.25) is 0 Å². The van der Waals surface area contributed by atoms with E-state index in [1.807, 2.05) is 0 Å². The zero-order valence-corrected chi connectivity index (χ0v) is 17.8. The summed E-state index contributed by atoms with van der Waals surface area (Å²) in [6, 6.07) is 7.25. The van der Waals surface area contributed by atoms with Crippen molar-refractivity contribution < 1.29 is 32.5 Å². The number of aromatic carboxylic acids is 1. The van der Waals surface area contributed by atoms with Crippen LogP contribution < -0.4 is 0 Å². The lowest BCUT2D eigenvalue weighted by Gasteiger charge is -2.34. The van der Waals surface area contributed by atoms with Crippen molar-refractivity contribution in [1.82, 2.24) is 0 Å². The number of benzene rings is 2. The van der Waals surface area contributed by atoms with Crippen LogP contribution in [0.5, 0.6) is 0 Å². The molecule has 1 aliphatic rings. The molecule has 160 valence electrons. The van der Waals surface area contributed by atoms with E-state index >= 15 is 0 Å². The lowest BCUT2D eigenvalue weighted by molar-refractivity contribution is -0.274. The van der Waals surface area contributed by atoms with E-state index in [-0.39, 0.29) is 26.9 Å². The fraction of sp³-hybridized carbons (Fsp3) is 0.263. The molecule has 0 amide bonds. The summed E-state index contributed by atoms with van der Waals surface area (Å²) >= 11 is 9.73. The first-order valence-electron chi connectivity index (χ1n) is 8.34. The summed E-state index contributed by atoms with van der Waals surface area (Å²) in [5.41, 5.74) is -3.29. The fourth-order valence-corrected chi connectivity index (χ4v) is 5.20. The predicted molar refractivity (Wildman–Crippen MR) is 108 cm³/mol. The molecule has 0 bridgehead atoms. The Morgan fingerprint density at radius 2 is 1.83 bits per heavy atom. The van der Waals surface area contributed by atoms with Gasteiger partial charge >= 0.3 is 17.7 Å². The zero-order chi connectivity index (χ0) is 22.4. The van der Waals surface area contributed by atoms with Crippen LogP contribution in [0.3, 0.4) is 0 Å². The van der Waals surface area contributed by atoms with Crippen LogP contribution in [-0.4, -0.2) is 39.0 Å². The molecule has 0 radical (unpaired) electrons. The molecular weight excluding hydrogens is 466 g/mol. The minimum Gasteiger partial charge on any atom is -0.616 e. The minimum absolute atomic E-state index is 0.0175. The maximum atomic E-state index is 14.4. The van der Waals surface area contributed by atoms with E-state index < -0.39 is 39.7 Å². The molecule has 0 aliphatic carbocycles. The van der Waals surface area contributed by atoms with Crippen molar-refractivity contribution in [3.63, 3.8) is 0 Å². The Morgan fingerprint density at radius 1 is 1.23 bits per heavy atom. The lowest BCUT2D eigenvalue weighted by atomic mass is 9.85. The van der Waals surface area contributed by atoms with Crippen molar-refractivity contribution in [3.8, 4) is 0 Å². The molecule has 0 fully saturated rings. The largest absolute Gasteiger partial charge is 0.616 e. The Balaban J connectivity index is 2.21. The maximum Gasteiger partial charge on any atom is 0.441 e. The second-order valence-corrected chi connectivity index (χ2v) is 9.01. The summed E-state index contributed by atoms with van der Waals surface area (Å²) in [5, 5.41) is 11.0. The molecule has 11 heteroatoms. The van der Waals surface area contributed by atoms with E-state index in [1.54, 1.807) is 0 Å². The van der Waals surface area contributed by atoms with Crippen molar-refractivity contribution >= 4 is 46.1 Å². The quantitative estimate of drug-likeness (QED) is 0.629. The van der Waals surface area contributed by atoms with E-state index in [0.717, 1.165) is 18.4 Å². The molecule has 5 nitrogen and oxygen atoms in total. The molecule has 3 rings (SSSR count). The van der Waals surface area contributed by atoms with E-state index in [9.17, 15) is 27.6 Å². The van der Waals surface area contributed by atoms with Crippen LogP contribution in [-0.2, 0) is 21.6 Å². The summed E-state index contributed by atoms with van der Waals surface area (Å²) in [7, 11) is 0. The molecule has 0 saturated heterocycles. The maximum absolute atomic E-state index is 14.4. The number of carbonyl (C=O) groups is 1. The van der Waals surface area contributed by atoms with Gasteiger partial charge in [-0.25, -0.2) is 4.79 Å². The van der Waals surface area contributed by atoms with Crippen LogP contribution in [0.25, 0.3) is 0 Å². The molecule has 2 aromatic rings. The van der Waals surface area contributed by atoms with Gasteiger partial charge in [-0.05, 0) is 54.0 Å². The molecule has 2 aromatic carbocycles. The third-order valence-corrected chi connectivity index (χ3v) is 6.36. The predicted octanol–water partition coefficient (Wildman–Crippen LogP) is 4.94. The molecule has 1 heterocycles. The second kappa shape index (κ2) is 7.96. The zero-order valence-electron chi connectivity index (χ0n) is 15.5. The summed E-state index contributed by atoms with van der Waals surface area (Å²) in [6.07, 6.45) is -3.92. The van der Waals surface area contributed by atoms with Crippen LogP contribution in [0.2, 0.25) is 10.0 Å². The number of carboxylic acid groups (broad SMARTS) is 1. The summed E-state index contributed by atoms with van der Waals surface area (Å²) in [6.45, 7) is 1.50. The first-order chi connectivity index (χ1) is 13.9. The van der Waals surface area contributed by atoms with Gasteiger partial charge in [0.15, 0.2) is 0 Å². The molecule has 0 spiro atoms. The highest BCUT2D eigenvalue weighted by molar-refractivity contribution is 7.92. The van der Waals surface area contributed by atoms with E-state index in [0.29, 0.717) is 5.56 Å². The average molecular weight is 480 g/mol. The third-order valence-electron chi connectivity index (χ3n) is 4.70. The summed E-state index contributed by atoms with van der Waals surface area (Å²) in [4.78, 5) is 16.2. The van der Waals surface area contributed by atoms with Crippen LogP contribution in [0.1, 0.15) is 27.0 Å². The van der Waals surface area contributed by atoms with Gasteiger partial charge in [0.05, 0.1) is 11.8 Å². The number of oxime groups is 1. The number of aryl methyl sites for hydroxylation is 1. The number of carboxylic acids is 1. The molecule has 3 atom stereocenters. The molecule has 30 heavy (non-hydrogen) atoms. The number of rotatable bonds is 4. The van der Waals surface area contributed by atoms with Gasteiger partial charge in [-0.15, -0.1) is 0 Å². The SMILES string of the molecule is Cc1cc(C2=NOC(c3cc(Cl)cc(Cl)c3)(C(F)(F)F)C2[S+](C)[O-])ccc1C(=O)O. The van der Waals surface area contributed by atoms with Crippen LogP contribution >= 0.6 is 23.2 Å². The first-order valence-corrected chi connectivity index (χ1v) is 10.7. The van der Waals surface area contributed by atoms with Gasteiger partial charge < -0.3 is 14.5 Å². The van der Waals surface area contributed by atoms with Gasteiger partial charge in [0, 0.05) is 21.2 Å². The first kappa shape index (κ1) is 22.7. The number of hydrogen-bond acceptors (Lipinski definition) is 4. The van der Waals surface area contributed by atoms with Crippen molar-refractivity contribution in [2.75, 3.05) is 6.26 Å². The van der Waals surface area contributed by atoms with Gasteiger partial charge in [0.25, 0.3) is 0 Å². The standard InChI is InChI=1S/C19H14Cl2F3NO4S/c1-9-5-10(3-4-14(9)17(26)27)15-16(30(2)28)18(29-25-15,19(22,23)24)11-6-12(20)8-13(21)7-11/h3-8,16H,1-2H3,(H,26,27). The minimum atomic E-state index is -5.03. The van der Waals surface area contributed by atoms with Crippen molar-refractivity contribution in [3.05, 3.63) is 68.7 Å². The van der Waals surface area contributed by atoms with Crippen molar-refractivity contribution in [2.24, 2.45) is 5.16 Å². The van der Waals surface area contributed by atoms with E-state index in [2.05, 4.69) is 5.16 Å². The molecule has 0 aromatic heterocycles. The summed E-state index contributed by atoms with van der Waals surface area (Å²) in [5.74, 6) is -1.18. The fourth-order valence-electron chi connectivity index (χ4n) is 3.40. The average Bonchev–Trinajstić information content (AvgIpc) is 3.02. The Kier molecular flexibility index (Phi) is 6.03. The molecule has 0 saturated carbocycles. The smallest absolute Gasteiger partial charge is 0.441 e. The Bertz CT molecular complexity index is 1020. The Labute approximate surface area is 182 Å². The Hall–Kier alpha value is -1.94. The van der Waals surface area contributed by atoms with Gasteiger partial charge in [0.2, 0.25) is 5.25 Å². The Morgan fingerprint density at radius 3 is 2.30 bits per heavy atom. The highest BCUT2D eigenvalue weighted by Gasteiger charge is 2.72. The van der Waals surface area contributed by atoms with Gasteiger partial charge in [-0.2, -0.15) is 13.2 Å². The lowest BCUT2D eigenvalue weighted by Crippen LogP contribution is -2.55. The van der Waals surface area contributed by atoms with Crippen LogP contribution in [0, 0.1) is 6.92 Å². The topological polar surface area (TPSA) is 82.0 Å². The number of hydrogen-bond donors (Lipinski definition) is 1. The van der Waals surface area contributed by atoms with E-state index in [4.69, 9.17) is 28.0 Å². The second-order valence-electron chi connectivity index (χ2n) is 6.67. The molecule has 3 unspecified atom stereocenters. The molecule has 1 N–H and O–H groups in total. The normalized spacial score (nSPS) is 22.4. The van der Waals surface area contributed by atoms with Crippen LogP contribution in [0.4, 0.5) is 13.2 Å². The van der Waals surface area contributed by atoms with Gasteiger partial charge in [0.1, 0.15) is 5.71 Å². The third kappa shape index (κ3) is 3.75. The summed E-state index contributed by atoms with van der Waals surface area (Å²) < 4.78 is 55.8.